The van der Waals surface area contributed by atoms with Crippen LogP contribution in [0.2, 0.25) is 0 Å². The van der Waals surface area contributed by atoms with Crippen LogP contribution in [0.25, 0.3) is 0 Å². The smallest absolute Gasteiger partial charge is 0.239 e. The molecule has 0 saturated carbocycles. The molecule has 1 rings (SSSR count). The third-order valence-corrected chi connectivity index (χ3v) is 3.44. The van der Waals surface area contributed by atoms with Gasteiger partial charge in [0, 0.05) is 13.1 Å². The minimum Gasteiger partial charge on any atom is -0.341 e. The molecule has 3 heteroatoms. The predicted octanol–water partition coefficient (Wildman–Crippen LogP) is 2.57. The summed E-state index contributed by atoms with van der Waals surface area (Å²) in [4.78, 5) is 14.0. The Balaban J connectivity index is 2.55. The van der Waals surface area contributed by atoms with Crippen molar-refractivity contribution >= 4 is 5.91 Å². The molecule has 0 spiro atoms. The number of nitrogens with zero attached hydrogens (tertiary/aromatic N) is 2. The van der Waals surface area contributed by atoms with Gasteiger partial charge in [-0.2, -0.15) is 5.26 Å². The van der Waals surface area contributed by atoms with Crippen LogP contribution in [-0.2, 0) is 4.79 Å². The van der Waals surface area contributed by atoms with Crippen molar-refractivity contribution in [3.8, 4) is 6.07 Å². The van der Waals surface area contributed by atoms with E-state index in [1.54, 1.807) is 0 Å². The highest BCUT2D eigenvalue weighted by Gasteiger charge is 2.27. The van der Waals surface area contributed by atoms with Crippen molar-refractivity contribution in [3.05, 3.63) is 0 Å². The Morgan fingerprint density at radius 2 is 2.31 bits per heavy atom. The van der Waals surface area contributed by atoms with Gasteiger partial charge in [0.05, 0.1) is 6.07 Å². The Hall–Kier alpha value is -1.04. The fourth-order valence-corrected chi connectivity index (χ4v) is 2.35. The summed E-state index contributed by atoms with van der Waals surface area (Å²) in [7, 11) is 0. The van der Waals surface area contributed by atoms with Crippen LogP contribution < -0.4 is 0 Å². The molecule has 2 unspecified atom stereocenters. The Labute approximate surface area is 98.4 Å². The molecule has 1 aliphatic rings. The maximum Gasteiger partial charge on any atom is 0.239 e. The SMILES string of the molecule is CCCC(C#N)C(=O)N1CCCC(CC)C1. The average Bonchev–Trinajstić information content (AvgIpc) is 2.35. The van der Waals surface area contributed by atoms with Gasteiger partial charge in [-0.05, 0) is 25.2 Å². The van der Waals surface area contributed by atoms with Crippen LogP contribution in [0.4, 0.5) is 0 Å². The third-order valence-electron chi connectivity index (χ3n) is 3.44. The molecule has 0 aromatic heterocycles. The Morgan fingerprint density at radius 1 is 1.56 bits per heavy atom. The lowest BCUT2D eigenvalue weighted by Crippen LogP contribution is -2.42. The number of carbonyl (C=O) groups is 1. The lowest BCUT2D eigenvalue weighted by molar-refractivity contribution is -0.135. The number of hydrogen-bond acceptors (Lipinski definition) is 2. The molecule has 3 nitrogen and oxygen atoms in total. The Bertz CT molecular complexity index is 270. The molecule has 1 heterocycles. The van der Waals surface area contributed by atoms with Gasteiger partial charge >= 0.3 is 0 Å². The standard InChI is InChI=1S/C13H22N2O/c1-3-6-12(9-14)13(16)15-8-5-7-11(4-2)10-15/h11-12H,3-8,10H2,1-2H3. The van der Waals surface area contributed by atoms with Gasteiger partial charge in [0.25, 0.3) is 0 Å². The minimum atomic E-state index is -0.416. The number of likely N-dealkylation sites (tertiary alicyclic amines) is 1. The zero-order valence-corrected chi connectivity index (χ0v) is 10.4. The maximum atomic E-state index is 12.1. The number of rotatable bonds is 4. The van der Waals surface area contributed by atoms with E-state index in [9.17, 15) is 4.79 Å². The van der Waals surface area contributed by atoms with Crippen molar-refractivity contribution in [2.45, 2.75) is 46.0 Å². The van der Waals surface area contributed by atoms with Crippen LogP contribution in [0, 0.1) is 23.2 Å². The van der Waals surface area contributed by atoms with Crippen LogP contribution in [-0.4, -0.2) is 23.9 Å². The second-order valence-electron chi connectivity index (χ2n) is 4.67. The molecule has 1 saturated heterocycles. The van der Waals surface area contributed by atoms with E-state index < -0.39 is 5.92 Å². The van der Waals surface area contributed by atoms with Gasteiger partial charge in [-0.3, -0.25) is 4.79 Å². The van der Waals surface area contributed by atoms with Crippen molar-refractivity contribution in [1.82, 2.24) is 4.90 Å². The number of nitriles is 1. The zero-order valence-electron chi connectivity index (χ0n) is 10.4. The summed E-state index contributed by atoms with van der Waals surface area (Å²) in [5.74, 6) is 0.279. The van der Waals surface area contributed by atoms with Crippen molar-refractivity contribution in [2.75, 3.05) is 13.1 Å². The third kappa shape index (κ3) is 3.23. The summed E-state index contributed by atoms with van der Waals surface area (Å²) in [6, 6.07) is 2.14. The Kier molecular flexibility index (Phi) is 5.31. The predicted molar refractivity (Wildman–Crippen MR) is 63.6 cm³/mol. The van der Waals surface area contributed by atoms with Crippen molar-refractivity contribution in [3.63, 3.8) is 0 Å². The van der Waals surface area contributed by atoms with Gasteiger partial charge in [-0.1, -0.05) is 26.7 Å². The van der Waals surface area contributed by atoms with E-state index in [0.29, 0.717) is 12.3 Å². The highest BCUT2D eigenvalue weighted by Crippen LogP contribution is 2.21. The lowest BCUT2D eigenvalue weighted by Gasteiger charge is -2.33. The summed E-state index contributed by atoms with van der Waals surface area (Å²) in [6.45, 7) is 5.89. The average molecular weight is 222 g/mol. The first kappa shape index (κ1) is 13.0. The normalized spacial score (nSPS) is 22.6. The molecule has 0 bridgehead atoms. The highest BCUT2D eigenvalue weighted by molar-refractivity contribution is 5.81. The molecule has 90 valence electrons. The Morgan fingerprint density at radius 3 is 2.88 bits per heavy atom. The van der Waals surface area contributed by atoms with Crippen LogP contribution in [0.3, 0.4) is 0 Å². The van der Waals surface area contributed by atoms with Crippen LogP contribution in [0.1, 0.15) is 46.0 Å². The van der Waals surface area contributed by atoms with E-state index in [-0.39, 0.29) is 5.91 Å². The molecule has 2 atom stereocenters. The van der Waals surface area contributed by atoms with Crippen molar-refractivity contribution < 1.29 is 4.79 Å². The molecule has 16 heavy (non-hydrogen) atoms. The lowest BCUT2D eigenvalue weighted by atomic mass is 9.94. The second kappa shape index (κ2) is 6.52. The molecular formula is C13H22N2O. The molecule has 1 aliphatic heterocycles. The summed E-state index contributed by atoms with van der Waals surface area (Å²) >= 11 is 0. The van der Waals surface area contributed by atoms with E-state index >= 15 is 0 Å². The summed E-state index contributed by atoms with van der Waals surface area (Å²) in [6.07, 6.45) is 5.05. The maximum absolute atomic E-state index is 12.1. The number of hydrogen-bond donors (Lipinski definition) is 0. The van der Waals surface area contributed by atoms with E-state index in [4.69, 9.17) is 5.26 Å². The molecule has 1 fully saturated rings. The summed E-state index contributed by atoms with van der Waals surface area (Å²) < 4.78 is 0. The molecule has 1 amide bonds. The largest absolute Gasteiger partial charge is 0.341 e. The first-order valence-corrected chi connectivity index (χ1v) is 6.41. The molecular weight excluding hydrogens is 200 g/mol. The van der Waals surface area contributed by atoms with Crippen molar-refractivity contribution in [1.29, 1.82) is 5.26 Å². The molecule has 0 radical (unpaired) electrons. The molecule has 0 N–H and O–H groups in total. The number of amides is 1. The van der Waals surface area contributed by atoms with Crippen LogP contribution in [0.15, 0.2) is 0 Å². The first-order chi connectivity index (χ1) is 7.72. The van der Waals surface area contributed by atoms with Gasteiger partial charge in [0.15, 0.2) is 0 Å². The number of carbonyl (C=O) groups excluding carboxylic acids is 1. The van der Waals surface area contributed by atoms with E-state index in [1.165, 1.54) is 6.42 Å². The highest BCUT2D eigenvalue weighted by atomic mass is 16.2. The summed E-state index contributed by atoms with van der Waals surface area (Å²) in [5, 5.41) is 8.98. The van der Waals surface area contributed by atoms with E-state index in [1.807, 2.05) is 11.8 Å². The van der Waals surface area contributed by atoms with Crippen LogP contribution in [0.5, 0.6) is 0 Å². The number of piperidine rings is 1. The monoisotopic (exact) mass is 222 g/mol. The minimum absolute atomic E-state index is 0.0579. The van der Waals surface area contributed by atoms with Gasteiger partial charge < -0.3 is 4.90 Å². The molecule has 0 aliphatic carbocycles. The van der Waals surface area contributed by atoms with Crippen LogP contribution >= 0.6 is 0 Å². The van der Waals surface area contributed by atoms with Gasteiger partial charge in [0.1, 0.15) is 5.92 Å². The van der Waals surface area contributed by atoms with E-state index in [0.717, 1.165) is 32.4 Å². The van der Waals surface area contributed by atoms with Gasteiger partial charge in [0.2, 0.25) is 5.91 Å². The topological polar surface area (TPSA) is 44.1 Å². The second-order valence-corrected chi connectivity index (χ2v) is 4.67. The molecule has 0 aromatic carbocycles. The van der Waals surface area contributed by atoms with Gasteiger partial charge in [-0.25, -0.2) is 0 Å². The first-order valence-electron chi connectivity index (χ1n) is 6.41. The summed E-state index contributed by atoms with van der Waals surface area (Å²) in [5.41, 5.74) is 0. The zero-order chi connectivity index (χ0) is 12.0. The fourth-order valence-electron chi connectivity index (χ4n) is 2.35. The van der Waals surface area contributed by atoms with Crippen molar-refractivity contribution in [2.24, 2.45) is 11.8 Å². The molecule has 0 aromatic rings. The van der Waals surface area contributed by atoms with E-state index in [2.05, 4.69) is 13.0 Å². The van der Waals surface area contributed by atoms with Gasteiger partial charge in [-0.15, -0.1) is 0 Å². The quantitative estimate of drug-likeness (QED) is 0.733. The fraction of sp³-hybridized carbons (Fsp3) is 0.846.